The second-order valence-corrected chi connectivity index (χ2v) is 6.93. The first-order valence-corrected chi connectivity index (χ1v) is 7.71. The summed E-state index contributed by atoms with van der Waals surface area (Å²) in [5.41, 5.74) is 2.75. The summed E-state index contributed by atoms with van der Waals surface area (Å²) in [6.07, 6.45) is 5.59. The zero-order valence-corrected chi connectivity index (χ0v) is 12.4. The van der Waals surface area contributed by atoms with E-state index in [4.69, 9.17) is 5.11 Å². The molecule has 0 saturated heterocycles. The molecule has 4 nitrogen and oxygen atoms in total. The molecule has 2 heterocycles. The molecule has 0 spiro atoms. The van der Waals surface area contributed by atoms with Gasteiger partial charge in [-0.3, -0.25) is 4.40 Å². The van der Waals surface area contributed by atoms with E-state index in [0.29, 0.717) is 12.0 Å². The average molecular weight is 279 g/mol. The van der Waals surface area contributed by atoms with Gasteiger partial charge in [0.15, 0.2) is 4.96 Å². The first-order valence-electron chi connectivity index (χ1n) is 6.89. The molecule has 0 amide bonds. The van der Waals surface area contributed by atoms with E-state index in [9.17, 15) is 0 Å². The maximum absolute atomic E-state index is 9.07. The predicted molar refractivity (Wildman–Crippen MR) is 77.6 cm³/mol. The Bertz CT molecular complexity index is 583. The van der Waals surface area contributed by atoms with Crippen molar-refractivity contribution in [3.63, 3.8) is 0 Å². The van der Waals surface area contributed by atoms with Crippen molar-refractivity contribution in [3.05, 3.63) is 22.5 Å². The number of nitrogens with one attached hydrogen (secondary N) is 1. The van der Waals surface area contributed by atoms with Gasteiger partial charge in [-0.25, -0.2) is 4.98 Å². The largest absolute Gasteiger partial charge is 0.396 e. The molecule has 3 rings (SSSR count). The molecule has 0 bridgehead atoms. The Morgan fingerprint density at radius 1 is 1.47 bits per heavy atom. The van der Waals surface area contributed by atoms with Crippen LogP contribution >= 0.6 is 11.3 Å². The second-order valence-electron chi connectivity index (χ2n) is 5.72. The number of rotatable bonds is 6. The third kappa shape index (κ3) is 2.55. The third-order valence-electron chi connectivity index (χ3n) is 4.13. The van der Waals surface area contributed by atoms with E-state index in [-0.39, 0.29) is 0 Å². The van der Waals surface area contributed by atoms with Crippen LogP contribution in [0.4, 0.5) is 0 Å². The lowest BCUT2D eigenvalue weighted by Gasteiger charge is -2.14. The maximum atomic E-state index is 9.07. The Morgan fingerprint density at radius 3 is 2.95 bits per heavy atom. The summed E-state index contributed by atoms with van der Waals surface area (Å²) < 4.78 is 2.20. The SMILES string of the molecule is Cc1cn2c(CNCC3(CCO)CC3)c(C)nc2s1. The van der Waals surface area contributed by atoms with Crippen LogP contribution in [0, 0.1) is 19.3 Å². The quantitative estimate of drug-likeness (QED) is 0.853. The van der Waals surface area contributed by atoms with Crippen LogP contribution in [-0.2, 0) is 6.54 Å². The number of hydrogen-bond donors (Lipinski definition) is 2. The van der Waals surface area contributed by atoms with E-state index in [1.807, 2.05) is 0 Å². The molecule has 0 unspecified atom stereocenters. The van der Waals surface area contributed by atoms with E-state index >= 15 is 0 Å². The van der Waals surface area contributed by atoms with Crippen LogP contribution in [0.15, 0.2) is 6.20 Å². The number of aliphatic hydroxyl groups excluding tert-OH is 1. The molecule has 1 fully saturated rings. The van der Waals surface area contributed by atoms with E-state index in [1.54, 1.807) is 11.3 Å². The monoisotopic (exact) mass is 279 g/mol. The number of aliphatic hydroxyl groups is 1. The Morgan fingerprint density at radius 2 is 2.26 bits per heavy atom. The van der Waals surface area contributed by atoms with Crippen LogP contribution < -0.4 is 5.32 Å². The zero-order valence-electron chi connectivity index (χ0n) is 11.6. The normalized spacial score (nSPS) is 17.2. The van der Waals surface area contributed by atoms with Gasteiger partial charge in [-0.15, -0.1) is 11.3 Å². The van der Waals surface area contributed by atoms with E-state index < -0.39 is 0 Å². The van der Waals surface area contributed by atoms with Crippen LogP contribution in [0.1, 0.15) is 35.5 Å². The Balaban J connectivity index is 1.66. The first-order chi connectivity index (χ1) is 9.13. The standard InChI is InChI=1S/C14H21N3OS/c1-10-8-17-12(11(2)16-13(17)19-10)7-15-9-14(3-4-14)5-6-18/h8,15,18H,3-7,9H2,1-2H3. The van der Waals surface area contributed by atoms with Gasteiger partial charge >= 0.3 is 0 Å². The number of imidazole rings is 1. The number of aromatic nitrogens is 2. The van der Waals surface area contributed by atoms with E-state index in [0.717, 1.165) is 30.2 Å². The summed E-state index contributed by atoms with van der Waals surface area (Å²) in [5, 5.41) is 12.6. The fourth-order valence-electron chi connectivity index (χ4n) is 2.70. The van der Waals surface area contributed by atoms with Crippen molar-refractivity contribution >= 4 is 16.3 Å². The predicted octanol–water partition coefficient (Wildman–Crippen LogP) is 2.26. The molecule has 0 aromatic carbocycles. The Hall–Kier alpha value is -0.910. The minimum absolute atomic E-state index is 0.307. The molecule has 0 radical (unpaired) electrons. The van der Waals surface area contributed by atoms with E-state index in [2.05, 4.69) is 34.7 Å². The highest BCUT2D eigenvalue weighted by molar-refractivity contribution is 7.17. The number of fused-ring (bicyclic) bond motifs is 1. The lowest BCUT2D eigenvalue weighted by Crippen LogP contribution is -2.25. The highest BCUT2D eigenvalue weighted by atomic mass is 32.1. The van der Waals surface area contributed by atoms with Gasteiger partial charge in [0.25, 0.3) is 0 Å². The number of aryl methyl sites for hydroxylation is 2. The molecule has 0 aliphatic heterocycles. The molecule has 2 aromatic heterocycles. The lowest BCUT2D eigenvalue weighted by atomic mass is 10.0. The minimum Gasteiger partial charge on any atom is -0.396 e. The van der Waals surface area contributed by atoms with Crippen LogP contribution in [0.2, 0.25) is 0 Å². The van der Waals surface area contributed by atoms with Gasteiger partial charge in [0.05, 0.1) is 11.4 Å². The van der Waals surface area contributed by atoms with Gasteiger partial charge in [-0.05, 0) is 38.5 Å². The smallest absolute Gasteiger partial charge is 0.194 e. The van der Waals surface area contributed by atoms with Crippen molar-refractivity contribution in [1.82, 2.24) is 14.7 Å². The van der Waals surface area contributed by atoms with E-state index in [1.165, 1.54) is 23.4 Å². The molecule has 1 aliphatic carbocycles. The van der Waals surface area contributed by atoms with Gasteiger partial charge in [0.2, 0.25) is 0 Å². The van der Waals surface area contributed by atoms with Crippen molar-refractivity contribution in [2.75, 3.05) is 13.2 Å². The van der Waals surface area contributed by atoms with Crippen LogP contribution in [-0.4, -0.2) is 27.6 Å². The summed E-state index contributed by atoms with van der Waals surface area (Å²) in [7, 11) is 0. The van der Waals surface area contributed by atoms with Gasteiger partial charge in [-0.1, -0.05) is 0 Å². The zero-order chi connectivity index (χ0) is 13.5. The molecule has 0 atom stereocenters. The van der Waals surface area contributed by atoms with Crippen molar-refractivity contribution in [3.8, 4) is 0 Å². The minimum atomic E-state index is 0.307. The van der Waals surface area contributed by atoms with Gasteiger partial charge in [0.1, 0.15) is 0 Å². The molecular formula is C14H21N3OS. The van der Waals surface area contributed by atoms with Crippen molar-refractivity contribution in [2.45, 2.75) is 39.7 Å². The lowest BCUT2D eigenvalue weighted by molar-refractivity contribution is 0.245. The highest BCUT2D eigenvalue weighted by Gasteiger charge is 2.41. The highest BCUT2D eigenvalue weighted by Crippen LogP contribution is 2.47. The number of thiazole rings is 1. The Labute approximate surface area is 117 Å². The number of hydrogen-bond acceptors (Lipinski definition) is 4. The average Bonchev–Trinajstić information content (AvgIpc) is 2.94. The summed E-state index contributed by atoms with van der Waals surface area (Å²) in [6.45, 7) is 6.36. The fraction of sp³-hybridized carbons (Fsp3) is 0.643. The summed E-state index contributed by atoms with van der Waals surface area (Å²) >= 11 is 1.74. The van der Waals surface area contributed by atoms with Gasteiger partial charge in [-0.2, -0.15) is 0 Å². The maximum Gasteiger partial charge on any atom is 0.194 e. The summed E-state index contributed by atoms with van der Waals surface area (Å²) in [4.78, 5) is 6.98. The molecule has 2 N–H and O–H groups in total. The van der Waals surface area contributed by atoms with Crippen LogP contribution in [0.25, 0.3) is 4.96 Å². The molecule has 19 heavy (non-hydrogen) atoms. The molecule has 5 heteroatoms. The molecule has 2 aromatic rings. The molecular weight excluding hydrogens is 258 g/mol. The Kier molecular flexibility index (Phi) is 3.37. The van der Waals surface area contributed by atoms with Gasteiger partial charge in [0, 0.05) is 30.8 Å². The van der Waals surface area contributed by atoms with Crippen LogP contribution in [0.3, 0.4) is 0 Å². The van der Waals surface area contributed by atoms with Gasteiger partial charge < -0.3 is 10.4 Å². The fourth-order valence-corrected chi connectivity index (χ4v) is 3.59. The number of nitrogens with zero attached hydrogens (tertiary/aromatic N) is 2. The summed E-state index contributed by atoms with van der Waals surface area (Å²) in [6, 6.07) is 0. The van der Waals surface area contributed by atoms with Crippen LogP contribution in [0.5, 0.6) is 0 Å². The van der Waals surface area contributed by atoms with Crippen molar-refractivity contribution in [1.29, 1.82) is 0 Å². The molecule has 1 saturated carbocycles. The topological polar surface area (TPSA) is 49.6 Å². The third-order valence-corrected chi connectivity index (χ3v) is 5.03. The van der Waals surface area contributed by atoms with Crippen molar-refractivity contribution in [2.24, 2.45) is 5.41 Å². The summed E-state index contributed by atoms with van der Waals surface area (Å²) in [5.74, 6) is 0. The molecule has 104 valence electrons. The first kappa shape index (κ1) is 13.1. The second kappa shape index (κ2) is 4.89. The van der Waals surface area contributed by atoms with Crippen molar-refractivity contribution < 1.29 is 5.11 Å². The molecule has 1 aliphatic rings.